The summed E-state index contributed by atoms with van der Waals surface area (Å²) in [6.45, 7) is 1.95. The molecule has 5 nitrogen and oxygen atoms in total. The molecular formula is C25H28F3IN2O3. The van der Waals surface area contributed by atoms with Crippen molar-refractivity contribution in [3.05, 3.63) is 68.0 Å². The number of nitrogens with zero attached hydrogens (tertiary/aromatic N) is 1. The summed E-state index contributed by atoms with van der Waals surface area (Å²) in [5.74, 6) is -3.36. The van der Waals surface area contributed by atoms with Crippen molar-refractivity contribution in [1.29, 1.82) is 0 Å². The number of amides is 1. The summed E-state index contributed by atoms with van der Waals surface area (Å²) in [4.78, 5) is 14.6. The van der Waals surface area contributed by atoms with E-state index >= 15 is 0 Å². The fraction of sp³-hybridized carbons (Fsp3) is 0.480. The van der Waals surface area contributed by atoms with Crippen LogP contribution in [0.4, 0.5) is 13.2 Å². The van der Waals surface area contributed by atoms with Crippen LogP contribution in [0.5, 0.6) is 0 Å². The molecule has 1 aliphatic heterocycles. The molecule has 2 aromatic carbocycles. The average Bonchev–Trinajstić information content (AvgIpc) is 2.77. The van der Waals surface area contributed by atoms with Crippen LogP contribution in [-0.2, 0) is 6.42 Å². The van der Waals surface area contributed by atoms with E-state index in [4.69, 9.17) is 0 Å². The molecule has 1 heterocycles. The predicted molar refractivity (Wildman–Crippen MR) is 130 cm³/mol. The first-order valence-electron chi connectivity index (χ1n) is 11.4. The molecule has 2 aromatic rings. The lowest BCUT2D eigenvalue weighted by atomic mass is 9.84. The summed E-state index contributed by atoms with van der Waals surface area (Å²) in [6, 6.07) is 6.46. The maximum Gasteiger partial charge on any atom is 0.254 e. The van der Waals surface area contributed by atoms with Gasteiger partial charge in [-0.2, -0.15) is 0 Å². The predicted octanol–water partition coefficient (Wildman–Crippen LogP) is 3.77. The van der Waals surface area contributed by atoms with Crippen LogP contribution in [0.15, 0.2) is 30.3 Å². The molecule has 1 saturated carbocycles. The highest BCUT2D eigenvalue weighted by molar-refractivity contribution is 14.1. The molecular weight excluding hydrogens is 560 g/mol. The Morgan fingerprint density at radius 2 is 1.82 bits per heavy atom. The normalized spacial score (nSPS) is 22.9. The standard InChI is InChI=1S/C25H28F3IN2O3/c1-14(30-17-4-6-18(32)7-5-17)25(34)12-31(13-25)24(33)19-8-9-21(26)23(28)20(19)10-15-2-3-16(29)11-22(15)27/h2-3,8-9,11,14,17-18,30,32,34H,4-7,10,12-13H2,1H3. The Morgan fingerprint density at radius 3 is 2.47 bits per heavy atom. The van der Waals surface area contributed by atoms with E-state index in [2.05, 4.69) is 5.32 Å². The van der Waals surface area contributed by atoms with Crippen molar-refractivity contribution in [3.63, 3.8) is 0 Å². The van der Waals surface area contributed by atoms with E-state index in [1.165, 1.54) is 23.1 Å². The zero-order chi connectivity index (χ0) is 24.6. The van der Waals surface area contributed by atoms with Gasteiger partial charge in [-0.05, 0) is 85.0 Å². The monoisotopic (exact) mass is 588 g/mol. The second kappa shape index (κ2) is 10.1. The van der Waals surface area contributed by atoms with Crippen molar-refractivity contribution >= 4 is 28.5 Å². The van der Waals surface area contributed by atoms with Crippen molar-refractivity contribution in [3.8, 4) is 0 Å². The molecule has 2 fully saturated rings. The second-order valence-corrected chi connectivity index (χ2v) is 10.7. The first kappa shape index (κ1) is 25.4. The van der Waals surface area contributed by atoms with E-state index in [-0.39, 0.29) is 54.4 Å². The van der Waals surface area contributed by atoms with Gasteiger partial charge >= 0.3 is 0 Å². The maximum absolute atomic E-state index is 14.7. The van der Waals surface area contributed by atoms with Crippen LogP contribution >= 0.6 is 22.6 Å². The van der Waals surface area contributed by atoms with Gasteiger partial charge in [0.1, 0.15) is 11.4 Å². The number of carbonyl (C=O) groups excluding carboxylic acids is 1. The van der Waals surface area contributed by atoms with Gasteiger partial charge in [0.05, 0.1) is 19.2 Å². The number of aliphatic hydroxyl groups is 2. The molecule has 0 aromatic heterocycles. The van der Waals surface area contributed by atoms with Gasteiger partial charge in [0.25, 0.3) is 5.91 Å². The van der Waals surface area contributed by atoms with Gasteiger partial charge in [0.2, 0.25) is 0 Å². The molecule has 3 N–H and O–H groups in total. The van der Waals surface area contributed by atoms with Crippen LogP contribution in [-0.4, -0.2) is 57.9 Å². The van der Waals surface area contributed by atoms with E-state index in [0.29, 0.717) is 16.4 Å². The van der Waals surface area contributed by atoms with E-state index in [9.17, 15) is 28.2 Å². The fourth-order valence-electron chi connectivity index (χ4n) is 4.77. The van der Waals surface area contributed by atoms with E-state index in [1.54, 1.807) is 6.07 Å². The van der Waals surface area contributed by atoms with Gasteiger partial charge in [-0.25, -0.2) is 13.2 Å². The summed E-state index contributed by atoms with van der Waals surface area (Å²) in [5.41, 5.74) is -1.23. The SMILES string of the molecule is CC(NC1CCC(O)CC1)C1(O)CN(C(=O)c2ccc(F)c(F)c2Cc2ccc(I)cc2F)C1. The number of halogens is 4. The lowest BCUT2D eigenvalue weighted by molar-refractivity contribution is -0.103. The Labute approximate surface area is 210 Å². The zero-order valence-electron chi connectivity index (χ0n) is 18.8. The lowest BCUT2D eigenvalue weighted by Crippen LogP contribution is -2.71. The number of nitrogens with one attached hydrogen (secondary N) is 1. The van der Waals surface area contributed by atoms with Crippen molar-refractivity contribution in [1.82, 2.24) is 10.2 Å². The number of β-amino-alcohol motifs (C(OH)–C–C–N with tert-alkyl or cyclic N) is 1. The third-order valence-electron chi connectivity index (χ3n) is 7.01. The molecule has 9 heteroatoms. The fourth-order valence-corrected chi connectivity index (χ4v) is 5.23. The number of carbonyl (C=O) groups is 1. The average molecular weight is 588 g/mol. The second-order valence-electron chi connectivity index (χ2n) is 9.46. The number of rotatable bonds is 6. The van der Waals surface area contributed by atoms with Crippen LogP contribution in [0.25, 0.3) is 0 Å². The number of benzene rings is 2. The molecule has 1 saturated heterocycles. The Balaban J connectivity index is 1.47. The highest BCUT2D eigenvalue weighted by atomic mass is 127. The first-order valence-corrected chi connectivity index (χ1v) is 12.5. The molecule has 4 rings (SSSR count). The van der Waals surface area contributed by atoms with Crippen LogP contribution in [0.1, 0.15) is 54.1 Å². The van der Waals surface area contributed by atoms with Crippen LogP contribution in [0, 0.1) is 21.0 Å². The molecule has 2 aliphatic rings. The van der Waals surface area contributed by atoms with Crippen LogP contribution < -0.4 is 5.32 Å². The third kappa shape index (κ3) is 5.27. The summed E-state index contributed by atoms with van der Waals surface area (Å²) >= 11 is 1.96. The van der Waals surface area contributed by atoms with Crippen molar-refractivity contribution < 1.29 is 28.2 Å². The minimum absolute atomic E-state index is 0.0409. The highest BCUT2D eigenvalue weighted by Crippen LogP contribution is 2.31. The highest BCUT2D eigenvalue weighted by Gasteiger charge is 2.48. The Morgan fingerprint density at radius 1 is 1.15 bits per heavy atom. The number of hydrogen-bond donors (Lipinski definition) is 3. The number of likely N-dealkylation sites (tertiary alicyclic amines) is 1. The van der Waals surface area contributed by atoms with E-state index in [0.717, 1.165) is 18.9 Å². The van der Waals surface area contributed by atoms with Crippen molar-refractivity contribution in [2.24, 2.45) is 0 Å². The largest absolute Gasteiger partial charge is 0.393 e. The van der Waals surface area contributed by atoms with Gasteiger partial charge in [-0.1, -0.05) is 6.07 Å². The van der Waals surface area contributed by atoms with E-state index < -0.39 is 29.0 Å². The topological polar surface area (TPSA) is 72.8 Å². The molecule has 1 aliphatic carbocycles. The van der Waals surface area contributed by atoms with E-state index in [1.807, 2.05) is 29.5 Å². The Kier molecular flexibility index (Phi) is 7.56. The number of aliphatic hydroxyl groups excluding tert-OH is 1. The quantitative estimate of drug-likeness (QED) is 0.450. The Hall–Kier alpha value is -1.69. The van der Waals surface area contributed by atoms with Crippen molar-refractivity contribution in [2.75, 3.05) is 13.1 Å². The summed E-state index contributed by atoms with van der Waals surface area (Å²) in [7, 11) is 0. The van der Waals surface area contributed by atoms with Gasteiger partial charge in [-0.15, -0.1) is 0 Å². The third-order valence-corrected chi connectivity index (χ3v) is 7.68. The summed E-state index contributed by atoms with van der Waals surface area (Å²) in [6.07, 6.45) is 2.53. The van der Waals surface area contributed by atoms with Crippen LogP contribution in [0.2, 0.25) is 0 Å². The molecule has 0 radical (unpaired) electrons. The maximum atomic E-state index is 14.7. The molecule has 0 spiro atoms. The van der Waals surface area contributed by atoms with Gasteiger partial charge < -0.3 is 20.4 Å². The molecule has 34 heavy (non-hydrogen) atoms. The lowest BCUT2D eigenvalue weighted by Gasteiger charge is -2.51. The molecule has 1 unspecified atom stereocenters. The zero-order valence-corrected chi connectivity index (χ0v) is 21.0. The smallest absolute Gasteiger partial charge is 0.254 e. The molecule has 1 amide bonds. The van der Waals surface area contributed by atoms with Crippen molar-refractivity contribution in [2.45, 2.75) is 62.8 Å². The van der Waals surface area contributed by atoms with Gasteiger partial charge in [0.15, 0.2) is 11.6 Å². The molecule has 1 atom stereocenters. The van der Waals surface area contributed by atoms with Crippen LogP contribution in [0.3, 0.4) is 0 Å². The number of hydrogen-bond acceptors (Lipinski definition) is 4. The van der Waals surface area contributed by atoms with Gasteiger partial charge in [0, 0.05) is 33.2 Å². The molecule has 184 valence electrons. The summed E-state index contributed by atoms with van der Waals surface area (Å²) in [5, 5.41) is 24.1. The summed E-state index contributed by atoms with van der Waals surface area (Å²) < 4.78 is 43.8. The first-order chi connectivity index (χ1) is 16.1. The minimum Gasteiger partial charge on any atom is -0.393 e. The molecule has 0 bridgehead atoms. The van der Waals surface area contributed by atoms with Gasteiger partial charge in [-0.3, -0.25) is 4.79 Å². The Bertz CT molecular complexity index is 1070. The minimum atomic E-state index is -1.17.